The lowest BCUT2D eigenvalue weighted by molar-refractivity contribution is -0.114. The van der Waals surface area contributed by atoms with Crippen LogP contribution in [0.4, 0.5) is 5.69 Å². The number of hydrogen-bond donors (Lipinski definition) is 2. The highest BCUT2D eigenvalue weighted by atomic mass is 16.5. The maximum atomic E-state index is 11.9. The summed E-state index contributed by atoms with van der Waals surface area (Å²) in [6.07, 6.45) is 5.01. The van der Waals surface area contributed by atoms with E-state index >= 15 is 0 Å². The molecule has 0 aliphatic carbocycles. The minimum Gasteiger partial charge on any atom is -0.495 e. The van der Waals surface area contributed by atoms with Crippen LogP contribution in [-0.2, 0) is 11.2 Å². The first-order valence-corrected chi connectivity index (χ1v) is 7.09. The molecule has 0 unspecified atom stereocenters. The van der Waals surface area contributed by atoms with Gasteiger partial charge in [0.1, 0.15) is 11.4 Å². The Hall–Kier alpha value is -2.96. The van der Waals surface area contributed by atoms with Gasteiger partial charge in [-0.05, 0) is 24.1 Å². The third-order valence-corrected chi connectivity index (χ3v) is 3.07. The van der Waals surface area contributed by atoms with Crippen molar-refractivity contribution in [2.75, 3.05) is 19.0 Å². The Bertz CT molecular complexity index is 689. The molecule has 7 heteroatoms. The van der Waals surface area contributed by atoms with Gasteiger partial charge in [0.05, 0.1) is 19.0 Å². The zero-order valence-electron chi connectivity index (χ0n) is 13.0. The van der Waals surface area contributed by atoms with Crippen molar-refractivity contribution < 1.29 is 14.3 Å². The number of ether oxygens (including phenoxy) is 1. The number of carbonyl (C=O) groups excluding carboxylic acids is 2. The van der Waals surface area contributed by atoms with Crippen molar-refractivity contribution in [2.24, 2.45) is 0 Å². The average molecular weight is 314 g/mol. The van der Waals surface area contributed by atoms with Crippen LogP contribution >= 0.6 is 0 Å². The summed E-state index contributed by atoms with van der Waals surface area (Å²) < 4.78 is 5.20. The number of amides is 2. The average Bonchev–Trinajstić information content (AvgIpc) is 2.55. The lowest BCUT2D eigenvalue weighted by atomic mass is 10.1. The smallest absolute Gasteiger partial charge is 0.271 e. The zero-order valence-corrected chi connectivity index (χ0v) is 13.0. The van der Waals surface area contributed by atoms with E-state index in [0.717, 1.165) is 5.56 Å². The van der Waals surface area contributed by atoms with Crippen molar-refractivity contribution in [3.05, 3.63) is 48.0 Å². The minimum atomic E-state index is -0.270. The summed E-state index contributed by atoms with van der Waals surface area (Å²) in [6, 6.07) is 5.50. The van der Waals surface area contributed by atoms with Gasteiger partial charge in [-0.1, -0.05) is 6.07 Å². The van der Waals surface area contributed by atoms with Crippen molar-refractivity contribution in [3.8, 4) is 5.75 Å². The van der Waals surface area contributed by atoms with E-state index in [1.807, 2.05) is 12.1 Å². The van der Waals surface area contributed by atoms with E-state index in [2.05, 4.69) is 20.6 Å². The summed E-state index contributed by atoms with van der Waals surface area (Å²) in [6.45, 7) is 1.88. The third kappa shape index (κ3) is 4.77. The molecule has 0 fully saturated rings. The molecule has 0 saturated carbocycles. The Morgan fingerprint density at radius 3 is 2.74 bits per heavy atom. The number of aromatic nitrogens is 2. The number of nitrogens with zero attached hydrogens (tertiary/aromatic N) is 2. The molecule has 120 valence electrons. The normalized spacial score (nSPS) is 10.0. The van der Waals surface area contributed by atoms with E-state index < -0.39 is 0 Å². The van der Waals surface area contributed by atoms with Crippen LogP contribution in [0.1, 0.15) is 23.0 Å². The van der Waals surface area contributed by atoms with E-state index in [0.29, 0.717) is 24.4 Å². The van der Waals surface area contributed by atoms with Gasteiger partial charge in [0, 0.05) is 25.9 Å². The van der Waals surface area contributed by atoms with Crippen molar-refractivity contribution in [3.63, 3.8) is 0 Å². The van der Waals surface area contributed by atoms with Crippen LogP contribution in [0.3, 0.4) is 0 Å². The first-order valence-electron chi connectivity index (χ1n) is 7.09. The Balaban J connectivity index is 1.95. The number of nitrogens with one attached hydrogen (secondary N) is 2. The fraction of sp³-hybridized carbons (Fsp3) is 0.250. The molecule has 0 spiro atoms. The summed E-state index contributed by atoms with van der Waals surface area (Å²) in [4.78, 5) is 30.9. The highest BCUT2D eigenvalue weighted by Crippen LogP contribution is 2.25. The van der Waals surface area contributed by atoms with E-state index in [4.69, 9.17) is 4.74 Å². The SMILES string of the molecule is COc1ccc(CCNC(=O)c2cnccn2)cc1NC(C)=O. The molecule has 2 aromatic rings. The molecule has 1 aromatic heterocycles. The van der Waals surface area contributed by atoms with Gasteiger partial charge < -0.3 is 15.4 Å². The number of carbonyl (C=O) groups is 2. The standard InChI is InChI=1S/C16H18N4O3/c1-11(21)20-13-9-12(3-4-15(13)23-2)5-6-19-16(22)14-10-17-7-8-18-14/h3-4,7-10H,5-6H2,1-2H3,(H,19,22)(H,20,21). The van der Waals surface area contributed by atoms with Crippen LogP contribution in [0.25, 0.3) is 0 Å². The molecule has 23 heavy (non-hydrogen) atoms. The number of benzene rings is 1. The first-order chi connectivity index (χ1) is 11.1. The van der Waals surface area contributed by atoms with Gasteiger partial charge in [-0.15, -0.1) is 0 Å². The quantitative estimate of drug-likeness (QED) is 0.841. The number of hydrogen-bond acceptors (Lipinski definition) is 5. The molecule has 2 rings (SSSR count). The highest BCUT2D eigenvalue weighted by Gasteiger charge is 2.08. The van der Waals surface area contributed by atoms with Crippen molar-refractivity contribution >= 4 is 17.5 Å². The Morgan fingerprint density at radius 1 is 1.26 bits per heavy atom. The Kier molecular flexibility index (Phi) is 5.62. The second-order valence-corrected chi connectivity index (χ2v) is 4.81. The van der Waals surface area contributed by atoms with E-state index in [1.54, 1.807) is 13.2 Å². The number of anilines is 1. The first kappa shape index (κ1) is 16.4. The van der Waals surface area contributed by atoms with Crippen molar-refractivity contribution in [1.29, 1.82) is 0 Å². The molecule has 0 aliphatic rings. The molecular formula is C16H18N4O3. The van der Waals surface area contributed by atoms with Crippen LogP contribution in [-0.4, -0.2) is 35.4 Å². The van der Waals surface area contributed by atoms with Gasteiger partial charge in [-0.3, -0.25) is 14.6 Å². The zero-order chi connectivity index (χ0) is 16.7. The van der Waals surface area contributed by atoms with E-state index in [1.165, 1.54) is 25.5 Å². The van der Waals surface area contributed by atoms with Gasteiger partial charge in [-0.25, -0.2) is 4.98 Å². The molecule has 2 amide bonds. The molecule has 0 saturated heterocycles. The lowest BCUT2D eigenvalue weighted by Gasteiger charge is -2.11. The van der Waals surface area contributed by atoms with Gasteiger partial charge in [0.25, 0.3) is 5.91 Å². The van der Waals surface area contributed by atoms with Crippen molar-refractivity contribution in [2.45, 2.75) is 13.3 Å². The van der Waals surface area contributed by atoms with E-state index in [-0.39, 0.29) is 17.5 Å². The number of rotatable bonds is 6. The van der Waals surface area contributed by atoms with Gasteiger partial charge in [0.2, 0.25) is 5.91 Å². The van der Waals surface area contributed by atoms with Crippen LogP contribution in [0.2, 0.25) is 0 Å². The van der Waals surface area contributed by atoms with Crippen LogP contribution in [0.5, 0.6) is 5.75 Å². The van der Waals surface area contributed by atoms with Crippen LogP contribution in [0, 0.1) is 0 Å². The second-order valence-electron chi connectivity index (χ2n) is 4.81. The molecular weight excluding hydrogens is 296 g/mol. The summed E-state index contributed by atoms with van der Waals surface area (Å²) >= 11 is 0. The summed E-state index contributed by atoms with van der Waals surface area (Å²) in [5.74, 6) is 0.151. The minimum absolute atomic E-state index is 0.170. The molecule has 0 atom stereocenters. The fourth-order valence-corrected chi connectivity index (χ4v) is 2.03. The van der Waals surface area contributed by atoms with Crippen molar-refractivity contribution in [1.82, 2.24) is 15.3 Å². The molecule has 0 aliphatic heterocycles. The number of methoxy groups -OCH3 is 1. The molecule has 7 nitrogen and oxygen atoms in total. The third-order valence-electron chi connectivity index (χ3n) is 3.07. The molecule has 0 radical (unpaired) electrons. The predicted octanol–water partition coefficient (Wildman–Crippen LogP) is 1.42. The Morgan fingerprint density at radius 2 is 2.09 bits per heavy atom. The monoisotopic (exact) mass is 314 g/mol. The van der Waals surface area contributed by atoms with Crippen LogP contribution in [0.15, 0.2) is 36.8 Å². The predicted molar refractivity (Wildman–Crippen MR) is 85.4 cm³/mol. The molecule has 0 bridgehead atoms. The fourth-order valence-electron chi connectivity index (χ4n) is 2.03. The summed E-state index contributed by atoms with van der Waals surface area (Å²) in [7, 11) is 1.54. The molecule has 1 heterocycles. The summed E-state index contributed by atoms with van der Waals surface area (Å²) in [5, 5.41) is 5.50. The molecule has 2 N–H and O–H groups in total. The maximum absolute atomic E-state index is 11.9. The summed E-state index contributed by atoms with van der Waals surface area (Å²) in [5.41, 5.74) is 1.85. The van der Waals surface area contributed by atoms with Gasteiger partial charge in [0.15, 0.2) is 0 Å². The van der Waals surface area contributed by atoms with E-state index in [9.17, 15) is 9.59 Å². The lowest BCUT2D eigenvalue weighted by Crippen LogP contribution is -2.26. The highest BCUT2D eigenvalue weighted by molar-refractivity contribution is 5.92. The van der Waals surface area contributed by atoms with Gasteiger partial charge in [-0.2, -0.15) is 0 Å². The van der Waals surface area contributed by atoms with Crippen LogP contribution < -0.4 is 15.4 Å². The maximum Gasteiger partial charge on any atom is 0.271 e. The Labute approximate surface area is 134 Å². The van der Waals surface area contributed by atoms with Gasteiger partial charge >= 0.3 is 0 Å². The molecule has 1 aromatic carbocycles. The second kappa shape index (κ2) is 7.88. The topological polar surface area (TPSA) is 93.2 Å². The largest absolute Gasteiger partial charge is 0.495 e.